The normalized spacial score (nSPS) is 16.4. The first-order chi connectivity index (χ1) is 13.1. The highest BCUT2D eigenvalue weighted by atomic mass is 32.1. The minimum Gasteiger partial charge on any atom is -0.488 e. The van der Waals surface area contributed by atoms with Crippen LogP contribution in [0, 0.1) is 11.3 Å². The molecular weight excluding hydrogens is 364 g/mol. The monoisotopic (exact) mass is 382 g/mol. The molecule has 2 aromatic rings. The molecule has 1 fully saturated rings. The summed E-state index contributed by atoms with van der Waals surface area (Å²) in [6.45, 7) is 0.0131. The quantitative estimate of drug-likeness (QED) is 0.819. The molecule has 4 rings (SSSR count). The van der Waals surface area contributed by atoms with Crippen LogP contribution in [-0.4, -0.2) is 24.0 Å². The number of nitrogens with zero attached hydrogens (tertiary/aromatic N) is 1. The minimum absolute atomic E-state index is 0.391. The minimum atomic E-state index is -0.813. The first kappa shape index (κ1) is 17.6. The molecule has 2 heterocycles. The molecule has 1 N–H and O–H groups in total. The van der Waals surface area contributed by atoms with Crippen LogP contribution in [0.4, 0.5) is 0 Å². The number of para-hydroxylation sites is 1. The lowest BCUT2D eigenvalue weighted by Crippen LogP contribution is -2.46. The Kier molecular flexibility index (Phi) is 4.58. The van der Waals surface area contributed by atoms with Gasteiger partial charge in [-0.25, -0.2) is 4.79 Å². The maximum Gasteiger partial charge on any atom is 0.348 e. The molecule has 0 unspecified atom stereocenters. The first-order valence-electron chi connectivity index (χ1n) is 8.84. The number of rotatable bonds is 4. The number of hydrogen-bond donors (Lipinski definition) is 1. The largest absolute Gasteiger partial charge is 0.488 e. The van der Waals surface area contributed by atoms with Crippen molar-refractivity contribution in [3.8, 4) is 22.3 Å². The number of thiophene rings is 1. The Morgan fingerprint density at radius 1 is 1.30 bits per heavy atom. The summed E-state index contributed by atoms with van der Waals surface area (Å²) < 4.78 is 10.9. The second kappa shape index (κ2) is 7.05. The van der Waals surface area contributed by atoms with Crippen molar-refractivity contribution in [2.75, 3.05) is 6.61 Å². The fourth-order valence-electron chi connectivity index (χ4n) is 3.55. The van der Waals surface area contributed by atoms with Gasteiger partial charge in [0.05, 0.1) is 6.07 Å². The average molecular weight is 382 g/mol. The number of hydrogen-bond acceptors (Lipinski definition) is 6. The fraction of sp³-hybridized carbons (Fsp3) is 0.350. The summed E-state index contributed by atoms with van der Waals surface area (Å²) in [6, 6.07) is 11.6. The number of nitriles is 1. The summed E-state index contributed by atoms with van der Waals surface area (Å²) >= 11 is 1.34. The van der Waals surface area contributed by atoms with E-state index < -0.39 is 24.0 Å². The van der Waals surface area contributed by atoms with Gasteiger partial charge in [0, 0.05) is 16.0 Å². The number of nitrogens with one attached hydrogen (secondary N) is 1. The Labute approximate surface area is 160 Å². The van der Waals surface area contributed by atoms with Crippen LogP contribution >= 0.6 is 11.3 Å². The van der Waals surface area contributed by atoms with E-state index in [1.165, 1.54) is 11.3 Å². The lowest BCUT2D eigenvalue weighted by atomic mass is 10.00. The Balaban J connectivity index is 1.41. The van der Waals surface area contributed by atoms with Gasteiger partial charge in [0.15, 0.2) is 6.61 Å². The predicted octanol–water partition coefficient (Wildman–Crippen LogP) is 3.42. The summed E-state index contributed by atoms with van der Waals surface area (Å²) in [6.07, 6.45) is 3.11. The van der Waals surface area contributed by atoms with Gasteiger partial charge in [0.25, 0.3) is 5.91 Å². The third-order valence-electron chi connectivity index (χ3n) is 4.91. The molecule has 0 spiro atoms. The van der Waals surface area contributed by atoms with Gasteiger partial charge < -0.3 is 14.8 Å². The number of amides is 1. The van der Waals surface area contributed by atoms with Crippen molar-refractivity contribution in [3.63, 3.8) is 0 Å². The third-order valence-corrected chi connectivity index (χ3v) is 6.10. The van der Waals surface area contributed by atoms with E-state index in [9.17, 15) is 14.9 Å². The van der Waals surface area contributed by atoms with Crippen molar-refractivity contribution < 1.29 is 19.1 Å². The lowest BCUT2D eigenvalue weighted by Gasteiger charge is -2.21. The number of benzene rings is 1. The van der Waals surface area contributed by atoms with E-state index in [0.29, 0.717) is 24.3 Å². The van der Waals surface area contributed by atoms with E-state index in [1.54, 1.807) is 6.07 Å². The Bertz CT molecular complexity index is 938. The van der Waals surface area contributed by atoms with Gasteiger partial charge in [0.2, 0.25) is 0 Å². The molecule has 138 valence electrons. The molecule has 27 heavy (non-hydrogen) atoms. The topological polar surface area (TPSA) is 88.4 Å². The Morgan fingerprint density at radius 3 is 2.85 bits per heavy atom. The smallest absolute Gasteiger partial charge is 0.348 e. The van der Waals surface area contributed by atoms with Crippen molar-refractivity contribution in [2.24, 2.45) is 0 Å². The van der Waals surface area contributed by atoms with Gasteiger partial charge in [-0.2, -0.15) is 5.26 Å². The molecule has 1 aliphatic carbocycles. The van der Waals surface area contributed by atoms with Crippen molar-refractivity contribution in [1.29, 1.82) is 5.26 Å². The SMILES string of the molecule is N#CC1(NC(=O)COC(=O)c2cc3c(s2)-c2ccccc2OC3)CCCC1. The number of esters is 1. The molecule has 0 atom stereocenters. The second-order valence-electron chi connectivity index (χ2n) is 6.78. The molecule has 7 heteroatoms. The van der Waals surface area contributed by atoms with Crippen LogP contribution in [0.3, 0.4) is 0 Å². The molecule has 1 aromatic heterocycles. The third kappa shape index (κ3) is 3.40. The molecule has 0 saturated heterocycles. The molecule has 0 radical (unpaired) electrons. The van der Waals surface area contributed by atoms with E-state index in [1.807, 2.05) is 24.3 Å². The lowest BCUT2D eigenvalue weighted by molar-refractivity contribution is -0.125. The molecule has 1 saturated carbocycles. The van der Waals surface area contributed by atoms with E-state index >= 15 is 0 Å². The Morgan fingerprint density at radius 2 is 2.07 bits per heavy atom. The summed E-state index contributed by atoms with van der Waals surface area (Å²) in [4.78, 5) is 25.9. The summed E-state index contributed by atoms with van der Waals surface area (Å²) in [5.41, 5.74) is 1.08. The molecule has 0 bridgehead atoms. The van der Waals surface area contributed by atoms with Crippen LogP contribution < -0.4 is 10.1 Å². The highest BCUT2D eigenvalue weighted by molar-refractivity contribution is 7.17. The molecule has 1 aromatic carbocycles. The molecule has 1 aliphatic heterocycles. The summed E-state index contributed by atoms with van der Waals surface area (Å²) in [7, 11) is 0. The van der Waals surface area contributed by atoms with Crippen molar-refractivity contribution in [1.82, 2.24) is 5.32 Å². The van der Waals surface area contributed by atoms with Gasteiger partial charge in [0.1, 0.15) is 22.8 Å². The van der Waals surface area contributed by atoms with Gasteiger partial charge >= 0.3 is 5.97 Å². The average Bonchev–Trinajstić information content (AvgIpc) is 3.33. The van der Waals surface area contributed by atoms with E-state index in [0.717, 1.165) is 34.6 Å². The predicted molar refractivity (Wildman–Crippen MR) is 99.3 cm³/mol. The number of ether oxygens (including phenoxy) is 2. The number of carbonyl (C=O) groups is 2. The van der Waals surface area contributed by atoms with Crippen molar-refractivity contribution in [2.45, 2.75) is 37.8 Å². The number of carbonyl (C=O) groups excluding carboxylic acids is 2. The van der Waals surface area contributed by atoms with Crippen LogP contribution in [0.2, 0.25) is 0 Å². The summed E-state index contributed by atoms with van der Waals surface area (Å²) in [5, 5.41) is 12.0. The zero-order valence-electron chi connectivity index (χ0n) is 14.6. The maximum absolute atomic E-state index is 12.4. The first-order valence-corrected chi connectivity index (χ1v) is 9.66. The van der Waals surface area contributed by atoms with Gasteiger partial charge in [-0.1, -0.05) is 12.1 Å². The zero-order chi connectivity index (χ0) is 18.9. The standard InChI is InChI=1S/C20H18N2O4S/c21-12-20(7-3-4-8-20)22-17(23)11-26-19(24)16-9-13-10-25-15-6-2-1-5-14(15)18(13)27-16/h1-2,5-6,9H,3-4,7-8,10-11H2,(H,22,23). The summed E-state index contributed by atoms with van der Waals surface area (Å²) in [5.74, 6) is -0.189. The zero-order valence-corrected chi connectivity index (χ0v) is 15.4. The van der Waals surface area contributed by atoms with Crippen molar-refractivity contribution >= 4 is 23.2 Å². The number of fused-ring (bicyclic) bond motifs is 3. The van der Waals surface area contributed by atoms with Crippen LogP contribution in [0.1, 0.15) is 40.9 Å². The highest BCUT2D eigenvalue weighted by Gasteiger charge is 2.35. The highest BCUT2D eigenvalue weighted by Crippen LogP contribution is 2.42. The van der Waals surface area contributed by atoms with E-state index in [-0.39, 0.29) is 0 Å². The van der Waals surface area contributed by atoms with E-state index in [4.69, 9.17) is 9.47 Å². The maximum atomic E-state index is 12.4. The van der Waals surface area contributed by atoms with Gasteiger partial charge in [-0.05, 0) is 43.9 Å². The Hall–Kier alpha value is -2.85. The molecular formula is C20H18N2O4S. The fourth-order valence-corrected chi connectivity index (χ4v) is 4.64. The molecule has 1 amide bonds. The van der Waals surface area contributed by atoms with Crippen LogP contribution in [-0.2, 0) is 16.1 Å². The van der Waals surface area contributed by atoms with Crippen LogP contribution in [0.25, 0.3) is 10.4 Å². The van der Waals surface area contributed by atoms with E-state index in [2.05, 4.69) is 11.4 Å². The van der Waals surface area contributed by atoms with Crippen molar-refractivity contribution in [3.05, 3.63) is 40.8 Å². The van der Waals surface area contributed by atoms with Gasteiger partial charge in [-0.15, -0.1) is 11.3 Å². The van der Waals surface area contributed by atoms with Crippen LogP contribution in [0.15, 0.2) is 30.3 Å². The molecule has 2 aliphatic rings. The second-order valence-corrected chi connectivity index (χ2v) is 7.83. The van der Waals surface area contributed by atoms with Crippen LogP contribution in [0.5, 0.6) is 5.75 Å². The van der Waals surface area contributed by atoms with Gasteiger partial charge in [-0.3, -0.25) is 4.79 Å². The molecule has 6 nitrogen and oxygen atoms in total.